The molecule has 1 N–H and O–H groups in total. The molecule has 0 heterocycles. The van der Waals surface area contributed by atoms with Gasteiger partial charge >= 0.3 is 0 Å². The zero-order chi connectivity index (χ0) is 15.4. The first-order valence-electron chi connectivity index (χ1n) is 7.29. The average Bonchev–Trinajstić information content (AvgIpc) is 2.58. The first-order valence-corrected chi connectivity index (χ1v) is 7.67. The normalized spacial score (nSPS) is 13.5. The summed E-state index contributed by atoms with van der Waals surface area (Å²) < 4.78 is 0. The van der Waals surface area contributed by atoms with E-state index >= 15 is 0 Å². The van der Waals surface area contributed by atoms with Gasteiger partial charge in [0, 0.05) is 10.9 Å². The number of aliphatic hydroxyl groups is 1. The Hall–Kier alpha value is -2.09. The maximum Gasteiger partial charge on any atom is 0.0899 e. The van der Waals surface area contributed by atoms with Crippen LogP contribution in [0.1, 0.15) is 28.7 Å². The van der Waals surface area contributed by atoms with Crippen LogP contribution < -0.4 is 0 Å². The molecule has 22 heavy (non-hydrogen) atoms. The first kappa shape index (κ1) is 14.8. The Bertz CT molecular complexity index is 708. The van der Waals surface area contributed by atoms with Gasteiger partial charge in [0.15, 0.2) is 0 Å². The Labute approximate surface area is 135 Å². The molecule has 0 radical (unpaired) electrons. The summed E-state index contributed by atoms with van der Waals surface area (Å²) in [5.41, 5.74) is 3.04. The zero-order valence-electron chi connectivity index (χ0n) is 12.1. The highest BCUT2D eigenvalue weighted by atomic mass is 35.5. The summed E-state index contributed by atoms with van der Waals surface area (Å²) in [4.78, 5) is 0. The number of hydrogen-bond donors (Lipinski definition) is 1. The molecule has 2 heteroatoms. The molecule has 0 amide bonds. The number of halogens is 1. The summed E-state index contributed by atoms with van der Waals surface area (Å²) in [6, 6.07) is 27.5. The molecule has 0 aliphatic rings. The lowest BCUT2D eigenvalue weighted by Gasteiger charge is -2.24. The minimum absolute atomic E-state index is 0.124. The van der Waals surface area contributed by atoms with Gasteiger partial charge in [-0.15, -0.1) is 0 Å². The Morgan fingerprint density at radius 2 is 1.05 bits per heavy atom. The molecule has 110 valence electrons. The standard InChI is InChI=1S/C20H17ClO/c21-18-13-11-16(12-14-18)19(15-7-3-1-4-8-15)20(22)17-9-5-2-6-10-17/h1-14,19-20,22H. The summed E-state index contributed by atoms with van der Waals surface area (Å²) in [6.07, 6.45) is -0.607. The fourth-order valence-corrected chi connectivity index (χ4v) is 2.86. The molecule has 0 saturated heterocycles. The van der Waals surface area contributed by atoms with Crippen molar-refractivity contribution in [3.05, 3.63) is 107 Å². The fourth-order valence-electron chi connectivity index (χ4n) is 2.73. The molecular formula is C20H17ClO. The molecule has 3 rings (SSSR count). The summed E-state index contributed by atoms with van der Waals surface area (Å²) in [7, 11) is 0. The van der Waals surface area contributed by atoms with Crippen LogP contribution in [0.25, 0.3) is 0 Å². The third kappa shape index (κ3) is 3.22. The van der Waals surface area contributed by atoms with Crippen LogP contribution in [-0.4, -0.2) is 5.11 Å². The maximum absolute atomic E-state index is 10.9. The van der Waals surface area contributed by atoms with Gasteiger partial charge in [0.1, 0.15) is 0 Å². The van der Waals surface area contributed by atoms with Crippen molar-refractivity contribution in [2.24, 2.45) is 0 Å². The van der Waals surface area contributed by atoms with E-state index in [1.54, 1.807) is 0 Å². The average molecular weight is 309 g/mol. The van der Waals surface area contributed by atoms with Gasteiger partial charge in [-0.3, -0.25) is 0 Å². The molecule has 2 atom stereocenters. The van der Waals surface area contributed by atoms with E-state index < -0.39 is 6.10 Å². The highest BCUT2D eigenvalue weighted by Gasteiger charge is 2.24. The van der Waals surface area contributed by atoms with Crippen molar-refractivity contribution >= 4 is 11.6 Å². The second-order valence-corrected chi connectivity index (χ2v) is 5.73. The lowest BCUT2D eigenvalue weighted by Crippen LogP contribution is -2.12. The molecule has 0 bridgehead atoms. The monoisotopic (exact) mass is 308 g/mol. The summed E-state index contributed by atoms with van der Waals surface area (Å²) >= 11 is 6.00. The molecule has 1 nitrogen and oxygen atoms in total. The van der Waals surface area contributed by atoms with E-state index in [4.69, 9.17) is 11.6 Å². The molecule has 0 saturated carbocycles. The topological polar surface area (TPSA) is 20.2 Å². The van der Waals surface area contributed by atoms with Crippen LogP contribution >= 0.6 is 11.6 Å². The predicted octanol–water partition coefficient (Wildman–Crippen LogP) is 5.21. The Morgan fingerprint density at radius 3 is 1.59 bits per heavy atom. The highest BCUT2D eigenvalue weighted by Crippen LogP contribution is 2.36. The maximum atomic E-state index is 10.9. The van der Waals surface area contributed by atoms with Crippen molar-refractivity contribution in [2.75, 3.05) is 0 Å². The van der Waals surface area contributed by atoms with Gasteiger partial charge in [-0.25, -0.2) is 0 Å². The van der Waals surface area contributed by atoms with E-state index in [1.165, 1.54) is 0 Å². The van der Waals surface area contributed by atoms with E-state index in [0.29, 0.717) is 5.02 Å². The van der Waals surface area contributed by atoms with Gasteiger partial charge in [0.2, 0.25) is 0 Å². The van der Waals surface area contributed by atoms with E-state index in [2.05, 4.69) is 0 Å². The summed E-state index contributed by atoms with van der Waals surface area (Å²) in [5, 5.41) is 11.6. The van der Waals surface area contributed by atoms with E-state index in [-0.39, 0.29) is 5.92 Å². The minimum Gasteiger partial charge on any atom is -0.387 e. The first-order chi connectivity index (χ1) is 10.8. The van der Waals surface area contributed by atoms with Crippen molar-refractivity contribution in [3.8, 4) is 0 Å². The molecule has 3 aromatic rings. The zero-order valence-corrected chi connectivity index (χ0v) is 12.8. The molecule has 0 aliphatic carbocycles. The second-order valence-electron chi connectivity index (χ2n) is 5.30. The SMILES string of the molecule is OC(c1ccccc1)C(c1ccccc1)c1ccc(Cl)cc1. The van der Waals surface area contributed by atoms with E-state index in [1.807, 2.05) is 84.9 Å². The van der Waals surface area contributed by atoms with Crippen LogP contribution in [0.2, 0.25) is 5.02 Å². The quantitative estimate of drug-likeness (QED) is 0.702. The lowest BCUT2D eigenvalue weighted by molar-refractivity contribution is 0.159. The fraction of sp³-hybridized carbons (Fsp3) is 0.100. The van der Waals surface area contributed by atoms with E-state index in [0.717, 1.165) is 16.7 Å². The number of rotatable bonds is 4. The number of aliphatic hydroxyl groups excluding tert-OH is 1. The number of benzene rings is 3. The summed E-state index contributed by atoms with van der Waals surface area (Å²) in [5.74, 6) is -0.124. The lowest BCUT2D eigenvalue weighted by atomic mass is 9.84. The molecule has 0 aromatic heterocycles. The molecular weight excluding hydrogens is 292 g/mol. The molecule has 0 fully saturated rings. The second kappa shape index (κ2) is 6.78. The molecule has 0 spiro atoms. The van der Waals surface area contributed by atoms with Crippen LogP contribution in [0.5, 0.6) is 0 Å². The smallest absolute Gasteiger partial charge is 0.0899 e. The van der Waals surface area contributed by atoms with Crippen molar-refractivity contribution in [1.82, 2.24) is 0 Å². The van der Waals surface area contributed by atoms with Crippen molar-refractivity contribution in [3.63, 3.8) is 0 Å². The van der Waals surface area contributed by atoms with Crippen molar-refractivity contribution in [2.45, 2.75) is 12.0 Å². The van der Waals surface area contributed by atoms with Crippen LogP contribution in [-0.2, 0) is 0 Å². The minimum atomic E-state index is -0.607. The van der Waals surface area contributed by atoms with E-state index in [9.17, 15) is 5.11 Å². The van der Waals surface area contributed by atoms with Crippen LogP contribution in [0.4, 0.5) is 0 Å². The molecule has 0 aliphatic heterocycles. The molecule has 3 aromatic carbocycles. The highest BCUT2D eigenvalue weighted by molar-refractivity contribution is 6.30. The Morgan fingerprint density at radius 1 is 0.591 bits per heavy atom. The van der Waals surface area contributed by atoms with Crippen molar-refractivity contribution in [1.29, 1.82) is 0 Å². The van der Waals surface area contributed by atoms with Crippen molar-refractivity contribution < 1.29 is 5.11 Å². The number of hydrogen-bond acceptors (Lipinski definition) is 1. The third-order valence-corrected chi connectivity index (χ3v) is 4.10. The third-order valence-electron chi connectivity index (χ3n) is 3.84. The predicted molar refractivity (Wildman–Crippen MR) is 91.1 cm³/mol. The van der Waals surface area contributed by atoms with Gasteiger partial charge in [-0.05, 0) is 28.8 Å². The van der Waals surface area contributed by atoms with Gasteiger partial charge < -0.3 is 5.11 Å². The van der Waals surface area contributed by atoms with Crippen LogP contribution in [0, 0.1) is 0 Å². The van der Waals surface area contributed by atoms with Gasteiger partial charge in [-0.1, -0.05) is 84.4 Å². The Kier molecular flexibility index (Phi) is 4.57. The van der Waals surface area contributed by atoms with Gasteiger partial charge in [0.25, 0.3) is 0 Å². The van der Waals surface area contributed by atoms with Gasteiger partial charge in [0.05, 0.1) is 6.10 Å². The Balaban J connectivity index is 2.05. The van der Waals surface area contributed by atoms with Gasteiger partial charge in [-0.2, -0.15) is 0 Å². The largest absolute Gasteiger partial charge is 0.387 e. The summed E-state index contributed by atoms with van der Waals surface area (Å²) in [6.45, 7) is 0. The van der Waals surface area contributed by atoms with Crippen LogP contribution in [0.15, 0.2) is 84.9 Å². The van der Waals surface area contributed by atoms with Crippen LogP contribution in [0.3, 0.4) is 0 Å². The molecule has 2 unspecified atom stereocenters.